The topological polar surface area (TPSA) is 29.5 Å². The molecule has 0 bridgehead atoms. The van der Waals surface area contributed by atoms with Crippen molar-refractivity contribution >= 4 is 8.07 Å². The van der Waals surface area contributed by atoms with Gasteiger partial charge in [0.05, 0.1) is 13.2 Å². The Kier molecular flexibility index (Phi) is 6.60. The normalized spacial score (nSPS) is 11.4. The lowest BCUT2D eigenvalue weighted by atomic mass is 10.5. The minimum atomic E-state index is -1.23. The predicted octanol–water partition coefficient (Wildman–Crippen LogP) is 1.43. The molecule has 0 fully saturated rings. The van der Waals surface area contributed by atoms with Gasteiger partial charge in [-0.1, -0.05) is 37.7 Å². The Labute approximate surface area is 81.6 Å². The summed E-state index contributed by atoms with van der Waals surface area (Å²) < 4.78 is 5.18. The first kappa shape index (κ1) is 12.4. The Morgan fingerprint density at radius 3 is 2.54 bits per heavy atom. The first-order valence-electron chi connectivity index (χ1n) is 4.40. The zero-order chi connectivity index (χ0) is 10.2. The number of aliphatic hydroxyl groups excluding tert-OH is 1. The van der Waals surface area contributed by atoms with Crippen LogP contribution in [-0.2, 0) is 4.74 Å². The Balaban J connectivity index is 3.44. The maximum Gasteiger partial charge on any atom is 0.129 e. The van der Waals surface area contributed by atoms with Crippen LogP contribution in [0.2, 0.25) is 19.6 Å². The van der Waals surface area contributed by atoms with E-state index in [2.05, 4.69) is 31.1 Å². The second-order valence-corrected chi connectivity index (χ2v) is 8.47. The highest BCUT2D eigenvalue weighted by atomic mass is 28.3. The van der Waals surface area contributed by atoms with Gasteiger partial charge in [0.2, 0.25) is 0 Å². The van der Waals surface area contributed by atoms with Gasteiger partial charge in [0.15, 0.2) is 0 Å². The lowest BCUT2D eigenvalue weighted by Gasteiger charge is -2.03. The monoisotopic (exact) mass is 198 g/mol. The highest BCUT2D eigenvalue weighted by Gasteiger charge is 2.06. The van der Waals surface area contributed by atoms with E-state index in [0.29, 0.717) is 13.2 Å². The van der Waals surface area contributed by atoms with E-state index in [9.17, 15) is 0 Å². The number of hydrogen-bond donors (Lipinski definition) is 1. The summed E-state index contributed by atoms with van der Waals surface area (Å²) in [7, 11) is -1.23. The molecule has 0 atom stereocenters. The van der Waals surface area contributed by atoms with Crippen LogP contribution in [0.15, 0.2) is 12.2 Å². The summed E-state index contributed by atoms with van der Waals surface area (Å²) in [5.74, 6) is 3.00. The van der Waals surface area contributed by atoms with Crippen molar-refractivity contribution in [3.05, 3.63) is 12.2 Å². The van der Waals surface area contributed by atoms with E-state index in [-0.39, 0.29) is 6.61 Å². The Bertz CT molecular complexity index is 205. The highest BCUT2D eigenvalue weighted by molar-refractivity contribution is 6.83. The summed E-state index contributed by atoms with van der Waals surface area (Å²) in [6, 6.07) is 0. The Morgan fingerprint density at radius 2 is 2.00 bits per heavy atom. The molecule has 0 spiro atoms. The second-order valence-electron chi connectivity index (χ2n) is 3.72. The van der Waals surface area contributed by atoms with Gasteiger partial charge in [-0.05, 0) is 0 Å². The van der Waals surface area contributed by atoms with Gasteiger partial charge in [-0.3, -0.25) is 0 Å². The first-order chi connectivity index (χ1) is 6.06. The lowest BCUT2D eigenvalue weighted by molar-refractivity contribution is 0.198. The van der Waals surface area contributed by atoms with Crippen molar-refractivity contribution in [1.82, 2.24) is 0 Å². The van der Waals surface area contributed by atoms with Crippen molar-refractivity contribution < 1.29 is 9.84 Å². The molecular formula is C10H18O2Si. The van der Waals surface area contributed by atoms with Crippen LogP contribution in [0.25, 0.3) is 0 Å². The highest BCUT2D eigenvalue weighted by Crippen LogP contribution is 1.95. The zero-order valence-electron chi connectivity index (χ0n) is 8.63. The van der Waals surface area contributed by atoms with Gasteiger partial charge in [-0.25, -0.2) is 0 Å². The Hall–Kier alpha value is -0.563. The van der Waals surface area contributed by atoms with Crippen molar-refractivity contribution in [2.24, 2.45) is 0 Å². The molecule has 0 unspecified atom stereocenters. The molecule has 0 heterocycles. The molecule has 13 heavy (non-hydrogen) atoms. The van der Waals surface area contributed by atoms with Gasteiger partial charge in [-0.15, -0.1) is 5.54 Å². The fraction of sp³-hybridized carbons (Fsp3) is 0.600. The van der Waals surface area contributed by atoms with Crippen LogP contribution >= 0.6 is 0 Å². The average Bonchev–Trinajstić information content (AvgIpc) is 2.01. The third kappa shape index (κ3) is 11.4. The molecule has 1 N–H and O–H groups in total. The minimum Gasteiger partial charge on any atom is -0.392 e. The molecule has 0 aromatic heterocycles. The standard InChI is InChI=1S/C10H18O2Si/c1-13(2,3)10-6-9-12-8-5-4-7-11/h4-5,11H,7-9H2,1-3H3/b5-4+. The Morgan fingerprint density at radius 1 is 1.31 bits per heavy atom. The molecule has 74 valence electrons. The van der Waals surface area contributed by atoms with Gasteiger partial charge in [0, 0.05) is 0 Å². The van der Waals surface area contributed by atoms with Gasteiger partial charge in [-0.2, -0.15) is 0 Å². The second kappa shape index (κ2) is 6.90. The molecule has 0 saturated carbocycles. The molecule has 0 aromatic rings. The van der Waals surface area contributed by atoms with Gasteiger partial charge in [0.1, 0.15) is 14.7 Å². The predicted molar refractivity (Wildman–Crippen MR) is 58.2 cm³/mol. The van der Waals surface area contributed by atoms with E-state index in [1.54, 1.807) is 12.2 Å². The molecule has 0 saturated heterocycles. The van der Waals surface area contributed by atoms with Crippen LogP contribution < -0.4 is 0 Å². The molecule has 0 aliphatic carbocycles. The van der Waals surface area contributed by atoms with Crippen LogP contribution in [0.3, 0.4) is 0 Å². The number of ether oxygens (including phenoxy) is 1. The van der Waals surface area contributed by atoms with Crippen LogP contribution in [0, 0.1) is 11.5 Å². The first-order valence-corrected chi connectivity index (χ1v) is 7.90. The van der Waals surface area contributed by atoms with Gasteiger partial charge < -0.3 is 9.84 Å². The largest absolute Gasteiger partial charge is 0.392 e. The van der Waals surface area contributed by atoms with Crippen molar-refractivity contribution in [3.63, 3.8) is 0 Å². The summed E-state index contributed by atoms with van der Waals surface area (Å²) in [6.07, 6.45) is 3.45. The third-order valence-electron chi connectivity index (χ3n) is 1.12. The quantitative estimate of drug-likeness (QED) is 0.320. The van der Waals surface area contributed by atoms with Crippen LogP contribution in [0.5, 0.6) is 0 Å². The van der Waals surface area contributed by atoms with E-state index >= 15 is 0 Å². The van der Waals surface area contributed by atoms with Gasteiger partial charge >= 0.3 is 0 Å². The van der Waals surface area contributed by atoms with Crippen molar-refractivity contribution in [1.29, 1.82) is 0 Å². The minimum absolute atomic E-state index is 0.0734. The SMILES string of the molecule is C[Si](C)(C)C#CCOC/C=C/CO. The van der Waals surface area contributed by atoms with Crippen LogP contribution in [-0.4, -0.2) is 33.0 Å². The van der Waals surface area contributed by atoms with E-state index in [1.807, 2.05) is 0 Å². The summed E-state index contributed by atoms with van der Waals surface area (Å²) >= 11 is 0. The van der Waals surface area contributed by atoms with E-state index < -0.39 is 8.07 Å². The molecule has 3 heteroatoms. The number of rotatable bonds is 4. The molecule has 0 aliphatic heterocycles. The average molecular weight is 198 g/mol. The molecule has 0 radical (unpaired) electrons. The molecule has 0 aliphatic rings. The number of hydrogen-bond acceptors (Lipinski definition) is 2. The maximum atomic E-state index is 8.41. The summed E-state index contributed by atoms with van der Waals surface area (Å²) in [5, 5.41) is 8.41. The van der Waals surface area contributed by atoms with Crippen molar-refractivity contribution in [2.45, 2.75) is 19.6 Å². The third-order valence-corrected chi connectivity index (χ3v) is 2.05. The summed E-state index contributed by atoms with van der Waals surface area (Å²) in [4.78, 5) is 0. The van der Waals surface area contributed by atoms with Crippen molar-refractivity contribution in [3.8, 4) is 11.5 Å². The molecule has 0 rings (SSSR count). The van der Waals surface area contributed by atoms with Crippen LogP contribution in [0.4, 0.5) is 0 Å². The molecule has 0 amide bonds. The van der Waals surface area contributed by atoms with Crippen LogP contribution in [0.1, 0.15) is 0 Å². The van der Waals surface area contributed by atoms with E-state index in [0.717, 1.165) is 0 Å². The molecule has 0 aromatic carbocycles. The van der Waals surface area contributed by atoms with E-state index in [1.165, 1.54) is 0 Å². The lowest BCUT2D eigenvalue weighted by Crippen LogP contribution is -2.16. The smallest absolute Gasteiger partial charge is 0.129 e. The maximum absolute atomic E-state index is 8.41. The zero-order valence-corrected chi connectivity index (χ0v) is 9.63. The van der Waals surface area contributed by atoms with Gasteiger partial charge in [0.25, 0.3) is 0 Å². The fourth-order valence-electron chi connectivity index (χ4n) is 0.622. The molecular weight excluding hydrogens is 180 g/mol. The fourth-order valence-corrected chi connectivity index (χ4v) is 1.22. The summed E-state index contributed by atoms with van der Waals surface area (Å²) in [5.41, 5.74) is 3.20. The number of aliphatic hydroxyl groups is 1. The van der Waals surface area contributed by atoms with Crippen molar-refractivity contribution in [2.75, 3.05) is 19.8 Å². The van der Waals surface area contributed by atoms with E-state index in [4.69, 9.17) is 9.84 Å². The molecule has 2 nitrogen and oxygen atoms in total. The summed E-state index contributed by atoms with van der Waals surface area (Å²) in [6.45, 7) is 7.69.